The topological polar surface area (TPSA) is 34.5 Å². The third-order valence-electron chi connectivity index (χ3n) is 2.88. The van der Waals surface area contributed by atoms with E-state index >= 15 is 0 Å². The van der Waals surface area contributed by atoms with E-state index in [1.165, 1.54) is 0 Å². The van der Waals surface area contributed by atoms with Crippen LogP contribution in [-0.2, 0) is 11.3 Å². The molecule has 1 heterocycles. The highest BCUT2D eigenvalue weighted by molar-refractivity contribution is 5.88. The molecule has 0 N–H and O–H groups in total. The largest absolute Gasteiger partial charge is 0.493 e. The van der Waals surface area contributed by atoms with Gasteiger partial charge >= 0.3 is 0 Å². The quantitative estimate of drug-likeness (QED) is 0.828. The minimum Gasteiger partial charge on any atom is -0.493 e. The highest BCUT2D eigenvalue weighted by atomic mass is 16.5. The van der Waals surface area contributed by atoms with Crippen molar-refractivity contribution < 1.29 is 9.53 Å². The first-order valence-corrected chi connectivity index (χ1v) is 6.04. The molecule has 2 rings (SSSR count). The average molecular weight is 246 g/mol. The Balaban J connectivity index is 2.36. The molecule has 0 fully saturated rings. The summed E-state index contributed by atoms with van der Waals surface area (Å²) in [5.41, 5.74) is 1.02. The van der Waals surface area contributed by atoms with Crippen molar-refractivity contribution in [3.05, 3.63) is 30.5 Å². The fourth-order valence-corrected chi connectivity index (χ4v) is 1.90. The van der Waals surface area contributed by atoms with E-state index in [1.807, 2.05) is 42.0 Å². The molecule has 1 amide bonds. The summed E-state index contributed by atoms with van der Waals surface area (Å²) in [4.78, 5) is 13.3. The Morgan fingerprint density at radius 2 is 2.11 bits per heavy atom. The second-order valence-corrected chi connectivity index (χ2v) is 4.35. The first kappa shape index (κ1) is 12.5. The number of hydrogen-bond acceptors (Lipinski definition) is 2. The smallest absolute Gasteiger partial charge is 0.241 e. The van der Waals surface area contributed by atoms with Crippen LogP contribution >= 0.6 is 0 Å². The van der Waals surface area contributed by atoms with Crippen molar-refractivity contribution in [1.82, 2.24) is 9.47 Å². The van der Waals surface area contributed by atoms with Gasteiger partial charge in [0.15, 0.2) is 0 Å². The van der Waals surface area contributed by atoms with E-state index < -0.39 is 0 Å². The molecule has 0 aliphatic heterocycles. The summed E-state index contributed by atoms with van der Waals surface area (Å²) in [5, 5.41) is 1.05. The number of ether oxygens (including phenoxy) is 1. The number of rotatable bonds is 4. The highest BCUT2D eigenvalue weighted by Gasteiger charge is 2.10. The van der Waals surface area contributed by atoms with Crippen molar-refractivity contribution in [2.75, 3.05) is 20.7 Å². The molecule has 96 valence electrons. The summed E-state index contributed by atoms with van der Waals surface area (Å²) < 4.78 is 7.52. The first-order valence-electron chi connectivity index (χ1n) is 6.04. The summed E-state index contributed by atoms with van der Waals surface area (Å²) in [5.74, 6) is 0.945. The molecule has 18 heavy (non-hydrogen) atoms. The van der Waals surface area contributed by atoms with Gasteiger partial charge in [-0.25, -0.2) is 0 Å². The number of benzene rings is 1. The van der Waals surface area contributed by atoms with E-state index in [2.05, 4.69) is 0 Å². The predicted molar refractivity (Wildman–Crippen MR) is 71.8 cm³/mol. The summed E-state index contributed by atoms with van der Waals surface area (Å²) in [6.45, 7) is 2.96. The molecule has 0 saturated heterocycles. The maximum Gasteiger partial charge on any atom is 0.241 e. The molecule has 1 aromatic carbocycles. The lowest BCUT2D eigenvalue weighted by atomic mass is 10.2. The maximum atomic E-state index is 11.7. The molecule has 4 heteroatoms. The van der Waals surface area contributed by atoms with Gasteiger partial charge in [-0.3, -0.25) is 4.79 Å². The van der Waals surface area contributed by atoms with Crippen LogP contribution in [0.1, 0.15) is 6.92 Å². The molecule has 0 radical (unpaired) electrons. The predicted octanol–water partition coefficient (Wildman–Crippen LogP) is 2.13. The standard InChI is InChI=1S/C14H18N2O2/c1-4-18-13-7-5-6-12-11(13)8-9-16(12)10-14(17)15(2)3/h5-9H,4,10H2,1-3H3. The van der Waals surface area contributed by atoms with Crippen LogP contribution in [0.15, 0.2) is 30.5 Å². The van der Waals surface area contributed by atoms with Crippen LogP contribution in [0.5, 0.6) is 5.75 Å². The van der Waals surface area contributed by atoms with Gasteiger partial charge in [0.25, 0.3) is 0 Å². The maximum absolute atomic E-state index is 11.7. The van der Waals surface area contributed by atoms with E-state index in [9.17, 15) is 4.79 Å². The van der Waals surface area contributed by atoms with Gasteiger partial charge in [0, 0.05) is 25.7 Å². The van der Waals surface area contributed by atoms with Crippen LogP contribution in [0.2, 0.25) is 0 Å². The highest BCUT2D eigenvalue weighted by Crippen LogP contribution is 2.26. The molecule has 0 aliphatic carbocycles. The molecular weight excluding hydrogens is 228 g/mol. The lowest BCUT2D eigenvalue weighted by molar-refractivity contribution is -0.129. The fourth-order valence-electron chi connectivity index (χ4n) is 1.90. The second-order valence-electron chi connectivity index (χ2n) is 4.35. The Morgan fingerprint density at radius 1 is 1.33 bits per heavy atom. The summed E-state index contributed by atoms with van der Waals surface area (Å²) in [6, 6.07) is 7.89. The minimum atomic E-state index is 0.0781. The van der Waals surface area contributed by atoms with E-state index in [-0.39, 0.29) is 5.91 Å². The Labute approximate surface area is 107 Å². The number of carbonyl (C=O) groups excluding carboxylic acids is 1. The van der Waals surface area contributed by atoms with E-state index in [4.69, 9.17) is 4.74 Å². The molecule has 2 aromatic rings. The van der Waals surface area contributed by atoms with E-state index in [1.54, 1.807) is 19.0 Å². The van der Waals surface area contributed by atoms with Gasteiger partial charge in [0.1, 0.15) is 12.3 Å². The summed E-state index contributed by atoms with van der Waals surface area (Å²) in [7, 11) is 3.53. The molecule has 0 spiro atoms. The molecule has 0 bridgehead atoms. The van der Waals surface area contributed by atoms with Gasteiger partial charge in [-0.2, -0.15) is 0 Å². The first-order chi connectivity index (χ1) is 8.63. The van der Waals surface area contributed by atoms with E-state index in [0.29, 0.717) is 13.2 Å². The number of aromatic nitrogens is 1. The molecule has 0 unspecified atom stereocenters. The van der Waals surface area contributed by atoms with Gasteiger partial charge in [-0.1, -0.05) is 6.07 Å². The SMILES string of the molecule is CCOc1cccc2c1ccn2CC(=O)N(C)C. The molecule has 1 aromatic heterocycles. The van der Waals surface area contributed by atoms with Crippen molar-refractivity contribution in [3.8, 4) is 5.75 Å². The summed E-state index contributed by atoms with van der Waals surface area (Å²) >= 11 is 0. The Morgan fingerprint density at radius 3 is 2.78 bits per heavy atom. The third-order valence-corrected chi connectivity index (χ3v) is 2.88. The van der Waals surface area contributed by atoms with Gasteiger partial charge < -0.3 is 14.2 Å². The zero-order valence-electron chi connectivity index (χ0n) is 11.0. The van der Waals surface area contributed by atoms with Crippen molar-refractivity contribution >= 4 is 16.8 Å². The van der Waals surface area contributed by atoms with Crippen LogP contribution in [0.4, 0.5) is 0 Å². The Kier molecular flexibility index (Phi) is 3.55. The van der Waals surface area contributed by atoms with Crippen LogP contribution in [-0.4, -0.2) is 36.1 Å². The van der Waals surface area contributed by atoms with Crippen LogP contribution in [0.3, 0.4) is 0 Å². The molecule has 0 aliphatic rings. The molecule has 0 atom stereocenters. The Hall–Kier alpha value is -1.97. The van der Waals surface area contributed by atoms with Crippen molar-refractivity contribution in [2.24, 2.45) is 0 Å². The van der Waals surface area contributed by atoms with Crippen molar-refractivity contribution in [2.45, 2.75) is 13.5 Å². The van der Waals surface area contributed by atoms with Crippen LogP contribution in [0.25, 0.3) is 10.9 Å². The summed E-state index contributed by atoms with van der Waals surface area (Å²) in [6.07, 6.45) is 1.93. The van der Waals surface area contributed by atoms with Gasteiger partial charge in [0.2, 0.25) is 5.91 Å². The molecule has 0 saturated carbocycles. The number of hydrogen-bond donors (Lipinski definition) is 0. The molecular formula is C14H18N2O2. The number of likely N-dealkylation sites (N-methyl/N-ethyl adjacent to an activating group) is 1. The van der Waals surface area contributed by atoms with Crippen molar-refractivity contribution in [1.29, 1.82) is 0 Å². The average Bonchev–Trinajstić information content (AvgIpc) is 2.74. The lowest BCUT2D eigenvalue weighted by Gasteiger charge is -2.12. The number of carbonyl (C=O) groups is 1. The van der Waals surface area contributed by atoms with Crippen molar-refractivity contribution in [3.63, 3.8) is 0 Å². The number of nitrogens with zero attached hydrogens (tertiary/aromatic N) is 2. The zero-order chi connectivity index (χ0) is 13.1. The molecule has 4 nitrogen and oxygen atoms in total. The van der Waals surface area contributed by atoms with Gasteiger partial charge in [-0.15, -0.1) is 0 Å². The fraction of sp³-hybridized carbons (Fsp3) is 0.357. The second kappa shape index (κ2) is 5.12. The lowest BCUT2D eigenvalue weighted by Crippen LogP contribution is -2.25. The normalized spacial score (nSPS) is 10.6. The van der Waals surface area contributed by atoms with Crippen LogP contribution in [0, 0.1) is 0 Å². The minimum absolute atomic E-state index is 0.0781. The van der Waals surface area contributed by atoms with E-state index in [0.717, 1.165) is 16.7 Å². The van der Waals surface area contributed by atoms with Gasteiger partial charge in [-0.05, 0) is 25.1 Å². The Bertz CT molecular complexity index is 558. The monoisotopic (exact) mass is 246 g/mol. The third kappa shape index (κ3) is 2.32. The zero-order valence-corrected chi connectivity index (χ0v) is 11.0. The van der Waals surface area contributed by atoms with Gasteiger partial charge in [0.05, 0.1) is 12.1 Å². The van der Waals surface area contributed by atoms with Crippen LogP contribution < -0.4 is 4.74 Å². The number of fused-ring (bicyclic) bond motifs is 1. The number of amides is 1.